The van der Waals surface area contributed by atoms with Crippen LogP contribution < -0.4 is 0 Å². The summed E-state index contributed by atoms with van der Waals surface area (Å²) >= 11 is 0. The van der Waals surface area contributed by atoms with Crippen molar-refractivity contribution in [1.29, 1.82) is 0 Å². The number of hydrogen-bond acceptors (Lipinski definition) is 0. The predicted octanol–water partition coefficient (Wildman–Crippen LogP) is 4.11. The van der Waals surface area contributed by atoms with Crippen molar-refractivity contribution in [3.8, 4) is 0 Å². The number of hydrogen-bond donors (Lipinski definition) is 0. The van der Waals surface area contributed by atoms with Gasteiger partial charge < -0.3 is 30.3 Å². The molecule has 2 aromatic carbocycles. The van der Waals surface area contributed by atoms with Gasteiger partial charge in [0.05, 0.1) is 0 Å². The minimum Gasteiger partial charge on any atom is -0.748 e. The van der Waals surface area contributed by atoms with E-state index in [9.17, 15) is 0 Å². The van der Waals surface area contributed by atoms with Gasteiger partial charge in [-0.1, -0.05) is 0 Å². The Bertz CT molecular complexity index is 273. The largest absolute Gasteiger partial charge is 0.748 e. The summed E-state index contributed by atoms with van der Waals surface area (Å²) in [5, 5.41) is 0. The van der Waals surface area contributed by atoms with Crippen LogP contribution in [-0.4, -0.2) is 0 Å². The second-order valence-corrected chi connectivity index (χ2v) is 2.93. The average Bonchev–Trinajstić information content (AvgIpc) is 3.09. The summed E-state index contributed by atoms with van der Waals surface area (Å²) in [6.07, 6.45) is 10.0. The van der Waals surface area contributed by atoms with Gasteiger partial charge in [0.25, 0.3) is 0 Å². The third-order valence-corrected chi connectivity index (χ3v) is 1.70. The smallest absolute Gasteiger partial charge is 0 e. The predicted molar refractivity (Wildman–Crippen MR) is 65.6 cm³/mol. The van der Waals surface area contributed by atoms with E-state index < -0.39 is 0 Å². The van der Waals surface area contributed by atoms with Gasteiger partial charge in [0.1, 0.15) is 0 Å². The van der Waals surface area contributed by atoms with E-state index in [0.29, 0.717) is 0 Å². The normalized spacial score (nSPS) is 9.88. The van der Waals surface area contributed by atoms with Crippen LogP contribution in [0.25, 0.3) is 0 Å². The fourth-order valence-electron chi connectivity index (χ4n) is 0.982. The average molecular weight is 302 g/mol. The molecule has 0 bridgehead atoms. The minimum absolute atomic E-state index is 0. The van der Waals surface area contributed by atoms with Crippen LogP contribution in [0.5, 0.6) is 0 Å². The Labute approximate surface area is 129 Å². The first-order chi connectivity index (χ1) is 7.50. The van der Waals surface area contributed by atoms with Gasteiger partial charge in [-0.2, -0.15) is 24.3 Å². The van der Waals surface area contributed by atoms with Crippen molar-refractivity contribution in [1.82, 2.24) is 0 Å². The van der Waals surface area contributed by atoms with Gasteiger partial charge in [-0.05, 0) is 0 Å². The van der Waals surface area contributed by atoms with Crippen LogP contribution in [-0.2, 0) is 38.5 Å². The van der Waals surface area contributed by atoms with E-state index >= 15 is 0 Å². The molecule has 0 aromatic heterocycles. The summed E-state index contributed by atoms with van der Waals surface area (Å²) < 4.78 is 0. The fraction of sp³-hybridized carbons (Fsp3) is 0.0667. The topological polar surface area (TPSA) is 0 Å². The Hall–Kier alpha value is -0.599. The van der Waals surface area contributed by atoms with Crippen LogP contribution in [0.15, 0.2) is 78.9 Å². The standard InChI is InChI=1S/3C5H5.Co.Ti/c3*1-2-4-5-3-1;;/h1-3H,4H2;2*1-5H;;/q-1;-5;-1;;. The molecule has 0 saturated carbocycles. The van der Waals surface area contributed by atoms with Gasteiger partial charge in [-0.25, -0.2) is 24.3 Å². The zero-order chi connectivity index (χ0) is 10.6. The van der Waals surface area contributed by atoms with E-state index in [2.05, 4.69) is 12.2 Å². The molecule has 0 heterocycles. The fourth-order valence-corrected chi connectivity index (χ4v) is 0.982. The van der Waals surface area contributed by atoms with E-state index in [0.717, 1.165) is 6.42 Å². The molecule has 0 saturated heterocycles. The van der Waals surface area contributed by atoms with Gasteiger partial charge >= 0.3 is 0 Å². The molecule has 0 N–H and O–H groups in total. The van der Waals surface area contributed by atoms with Crippen molar-refractivity contribution in [2.45, 2.75) is 6.42 Å². The molecule has 95 valence electrons. The maximum Gasteiger partial charge on any atom is 0 e. The zero-order valence-corrected chi connectivity index (χ0v) is 12.1. The van der Waals surface area contributed by atoms with Crippen molar-refractivity contribution in [3.05, 3.63) is 85.0 Å². The first-order valence-corrected chi connectivity index (χ1v) is 5.05. The van der Waals surface area contributed by atoms with Crippen molar-refractivity contribution in [2.75, 3.05) is 0 Å². The summed E-state index contributed by atoms with van der Waals surface area (Å²) in [6, 6.07) is 20.0. The van der Waals surface area contributed by atoms with Gasteiger partial charge in [0.2, 0.25) is 0 Å². The van der Waals surface area contributed by atoms with E-state index in [1.54, 1.807) is 0 Å². The molecule has 1 radical (unpaired) electrons. The molecule has 0 atom stereocenters. The van der Waals surface area contributed by atoms with Crippen LogP contribution in [0.4, 0.5) is 0 Å². The maximum absolute atomic E-state index is 2.99. The molecular formula is C15H15CoTi-7. The Kier molecular flexibility index (Phi) is 17.0. The van der Waals surface area contributed by atoms with Gasteiger partial charge in [0.15, 0.2) is 0 Å². The Morgan fingerprint density at radius 3 is 1.59 bits per heavy atom. The van der Waals surface area contributed by atoms with Crippen LogP contribution in [0.2, 0.25) is 0 Å². The quantitative estimate of drug-likeness (QED) is 0.507. The Balaban J connectivity index is 0. The van der Waals surface area contributed by atoms with Gasteiger partial charge in [-0.15, -0.1) is 6.42 Å². The number of allylic oxidation sites excluding steroid dienone is 4. The van der Waals surface area contributed by atoms with Crippen molar-refractivity contribution in [2.24, 2.45) is 0 Å². The van der Waals surface area contributed by atoms with E-state index in [1.807, 2.05) is 72.8 Å². The molecular weight excluding hydrogens is 287 g/mol. The summed E-state index contributed by atoms with van der Waals surface area (Å²) in [4.78, 5) is 0. The molecule has 17 heavy (non-hydrogen) atoms. The molecule has 2 heteroatoms. The van der Waals surface area contributed by atoms with Crippen molar-refractivity contribution in [3.63, 3.8) is 0 Å². The molecule has 1 aliphatic rings. The van der Waals surface area contributed by atoms with Crippen molar-refractivity contribution < 1.29 is 38.5 Å². The van der Waals surface area contributed by atoms with Crippen LogP contribution in [0.1, 0.15) is 6.42 Å². The first-order valence-electron chi connectivity index (χ1n) is 5.05. The van der Waals surface area contributed by atoms with Crippen molar-refractivity contribution >= 4 is 0 Å². The molecule has 0 fully saturated rings. The summed E-state index contributed by atoms with van der Waals surface area (Å²) in [5.74, 6) is 0. The molecule has 3 rings (SSSR count). The molecule has 1 aliphatic carbocycles. The molecule has 0 unspecified atom stereocenters. The monoisotopic (exact) mass is 302 g/mol. The second-order valence-electron chi connectivity index (χ2n) is 2.93. The van der Waals surface area contributed by atoms with E-state index in [-0.39, 0.29) is 38.5 Å². The molecule has 0 spiro atoms. The SMILES string of the molecule is [C-]1=CC=CC1.[Co].[Ti].[cH-]1[cH-][cH-][cH-][cH-]1.c1cc[cH-]c1. The minimum atomic E-state index is 0. The molecule has 0 aliphatic heterocycles. The zero-order valence-electron chi connectivity index (χ0n) is 9.55. The van der Waals surface area contributed by atoms with Crippen LogP contribution in [0.3, 0.4) is 0 Å². The molecule has 2 aromatic rings. The third-order valence-electron chi connectivity index (χ3n) is 1.70. The third kappa shape index (κ3) is 13.3. The summed E-state index contributed by atoms with van der Waals surface area (Å²) in [6.45, 7) is 0. The van der Waals surface area contributed by atoms with Crippen LogP contribution in [0, 0.1) is 6.08 Å². The summed E-state index contributed by atoms with van der Waals surface area (Å²) in [5.41, 5.74) is 0. The molecule has 0 amide bonds. The maximum atomic E-state index is 2.99. The Morgan fingerprint density at radius 2 is 1.41 bits per heavy atom. The van der Waals surface area contributed by atoms with Gasteiger partial charge in [-0.3, -0.25) is 6.08 Å². The van der Waals surface area contributed by atoms with Gasteiger partial charge in [0, 0.05) is 38.5 Å². The number of rotatable bonds is 0. The second kappa shape index (κ2) is 15.4. The molecule has 0 nitrogen and oxygen atoms in total. The van der Waals surface area contributed by atoms with E-state index in [4.69, 9.17) is 0 Å². The summed E-state index contributed by atoms with van der Waals surface area (Å²) in [7, 11) is 0. The Morgan fingerprint density at radius 1 is 0.882 bits per heavy atom. The van der Waals surface area contributed by atoms with Crippen LogP contribution >= 0.6 is 0 Å². The first kappa shape index (κ1) is 18.8. The van der Waals surface area contributed by atoms with E-state index in [1.165, 1.54) is 0 Å².